The highest BCUT2D eigenvalue weighted by Gasteiger charge is 2.21. The minimum absolute atomic E-state index is 0.133. The highest BCUT2D eigenvalue weighted by atomic mass is 35.5. The van der Waals surface area contributed by atoms with Crippen LogP contribution in [0.5, 0.6) is 0 Å². The number of rotatable bonds is 7. The summed E-state index contributed by atoms with van der Waals surface area (Å²) < 4.78 is 1.58. The van der Waals surface area contributed by atoms with Crippen LogP contribution in [0.3, 0.4) is 0 Å². The number of amides is 1. The zero-order chi connectivity index (χ0) is 17.7. The van der Waals surface area contributed by atoms with Crippen molar-refractivity contribution in [2.75, 3.05) is 0 Å². The lowest BCUT2D eigenvalue weighted by molar-refractivity contribution is -0.120. The van der Waals surface area contributed by atoms with Crippen molar-refractivity contribution in [1.29, 1.82) is 0 Å². The lowest BCUT2D eigenvalue weighted by Gasteiger charge is -2.18. The molecule has 0 aliphatic rings. The lowest BCUT2D eigenvalue weighted by atomic mass is 10.1. The number of nitrogens with zero attached hydrogens (tertiary/aromatic N) is 4. The SMILES string of the molecule is C=CCn1nnnc1SC(C)C(=O)NC(C)c1ccc(Cl)cc1Cl. The minimum Gasteiger partial charge on any atom is -0.349 e. The number of carbonyl (C=O) groups is 1. The maximum Gasteiger partial charge on any atom is 0.233 e. The number of allylic oxidation sites excluding steroid dienone is 1. The van der Waals surface area contributed by atoms with E-state index in [4.69, 9.17) is 23.2 Å². The van der Waals surface area contributed by atoms with Gasteiger partial charge in [0.15, 0.2) is 0 Å². The number of tetrazole rings is 1. The van der Waals surface area contributed by atoms with E-state index in [1.54, 1.807) is 35.9 Å². The normalized spacial score (nSPS) is 13.3. The van der Waals surface area contributed by atoms with Crippen molar-refractivity contribution < 1.29 is 4.79 Å². The van der Waals surface area contributed by atoms with Crippen LogP contribution in [-0.2, 0) is 11.3 Å². The summed E-state index contributed by atoms with van der Waals surface area (Å²) in [5, 5.41) is 15.6. The summed E-state index contributed by atoms with van der Waals surface area (Å²) in [6, 6.07) is 4.96. The Bertz CT molecular complexity index is 736. The topological polar surface area (TPSA) is 72.7 Å². The van der Waals surface area contributed by atoms with Crippen molar-refractivity contribution in [3.8, 4) is 0 Å². The predicted octanol–water partition coefficient (Wildman–Crippen LogP) is 3.52. The Balaban J connectivity index is 2.00. The number of carbonyl (C=O) groups excluding carboxylic acids is 1. The molecule has 1 aromatic carbocycles. The largest absolute Gasteiger partial charge is 0.349 e. The Morgan fingerprint density at radius 1 is 1.46 bits per heavy atom. The van der Waals surface area contributed by atoms with E-state index in [0.29, 0.717) is 21.7 Å². The van der Waals surface area contributed by atoms with Crippen molar-refractivity contribution in [3.05, 3.63) is 46.5 Å². The van der Waals surface area contributed by atoms with Gasteiger partial charge in [-0.2, -0.15) is 0 Å². The molecule has 9 heteroatoms. The Hall–Kier alpha value is -1.57. The standard InChI is InChI=1S/C15H17Cl2N5OS/c1-4-7-22-15(19-20-21-22)24-10(3)14(23)18-9(2)12-6-5-11(16)8-13(12)17/h4-6,8-10H,1,7H2,2-3H3,(H,18,23). The number of nitrogens with one attached hydrogen (secondary N) is 1. The first-order valence-corrected chi connectivity index (χ1v) is 8.85. The van der Waals surface area contributed by atoms with Crippen LogP contribution in [0.1, 0.15) is 25.5 Å². The molecule has 0 spiro atoms. The molecule has 0 aliphatic carbocycles. The molecule has 6 nitrogen and oxygen atoms in total. The van der Waals surface area contributed by atoms with Gasteiger partial charge in [-0.1, -0.05) is 47.1 Å². The first-order chi connectivity index (χ1) is 11.4. The molecule has 1 aromatic heterocycles. The van der Waals surface area contributed by atoms with Gasteiger partial charge < -0.3 is 5.32 Å². The number of hydrogen-bond donors (Lipinski definition) is 1. The molecule has 0 saturated heterocycles. The highest BCUT2D eigenvalue weighted by molar-refractivity contribution is 8.00. The summed E-state index contributed by atoms with van der Waals surface area (Å²) in [5.41, 5.74) is 0.808. The fraction of sp³-hybridized carbons (Fsp3) is 0.333. The van der Waals surface area contributed by atoms with Gasteiger partial charge in [-0.25, -0.2) is 4.68 Å². The van der Waals surface area contributed by atoms with Gasteiger partial charge in [-0.3, -0.25) is 4.79 Å². The highest BCUT2D eigenvalue weighted by Crippen LogP contribution is 2.27. The van der Waals surface area contributed by atoms with E-state index in [1.807, 2.05) is 6.92 Å². The van der Waals surface area contributed by atoms with Crippen LogP contribution >= 0.6 is 35.0 Å². The molecule has 128 valence electrons. The van der Waals surface area contributed by atoms with Gasteiger partial charge >= 0.3 is 0 Å². The van der Waals surface area contributed by atoms with Gasteiger partial charge in [-0.15, -0.1) is 11.7 Å². The number of benzene rings is 1. The van der Waals surface area contributed by atoms with Crippen LogP contribution in [0.15, 0.2) is 36.0 Å². The Morgan fingerprint density at radius 2 is 2.21 bits per heavy atom. The average Bonchev–Trinajstić information content (AvgIpc) is 2.94. The first kappa shape index (κ1) is 18.8. The summed E-state index contributed by atoms with van der Waals surface area (Å²) in [6.07, 6.45) is 1.69. The predicted molar refractivity (Wildman–Crippen MR) is 96.4 cm³/mol. The van der Waals surface area contributed by atoms with E-state index >= 15 is 0 Å². The van der Waals surface area contributed by atoms with Gasteiger partial charge in [0.2, 0.25) is 11.1 Å². The van der Waals surface area contributed by atoms with E-state index in [2.05, 4.69) is 27.4 Å². The second-order valence-corrected chi connectivity index (χ2v) is 7.24. The van der Waals surface area contributed by atoms with Crippen molar-refractivity contribution >= 4 is 40.9 Å². The molecule has 1 amide bonds. The van der Waals surface area contributed by atoms with Crippen LogP contribution in [0.25, 0.3) is 0 Å². The van der Waals surface area contributed by atoms with Crippen LogP contribution in [0.2, 0.25) is 10.0 Å². The quantitative estimate of drug-likeness (QED) is 0.582. The fourth-order valence-corrected chi connectivity index (χ4v) is 3.37. The molecule has 1 N–H and O–H groups in total. The smallest absolute Gasteiger partial charge is 0.233 e. The molecule has 0 saturated carbocycles. The summed E-state index contributed by atoms with van der Waals surface area (Å²) in [7, 11) is 0. The van der Waals surface area contributed by atoms with Crippen molar-refractivity contribution in [1.82, 2.24) is 25.5 Å². The number of halogens is 2. The van der Waals surface area contributed by atoms with Crippen molar-refractivity contribution in [2.24, 2.45) is 0 Å². The average molecular weight is 386 g/mol. The fourth-order valence-electron chi connectivity index (χ4n) is 1.99. The molecule has 2 rings (SSSR count). The maximum atomic E-state index is 12.4. The van der Waals surface area contributed by atoms with E-state index in [9.17, 15) is 4.79 Å². The second-order valence-electron chi connectivity index (χ2n) is 5.09. The second kappa shape index (κ2) is 8.50. The van der Waals surface area contributed by atoms with Crippen LogP contribution in [-0.4, -0.2) is 31.4 Å². The summed E-state index contributed by atoms with van der Waals surface area (Å²) in [6.45, 7) is 7.80. The van der Waals surface area contributed by atoms with Crippen LogP contribution < -0.4 is 5.32 Å². The lowest BCUT2D eigenvalue weighted by Crippen LogP contribution is -2.33. The third kappa shape index (κ3) is 4.72. The van der Waals surface area contributed by atoms with Gasteiger partial charge in [0.05, 0.1) is 17.8 Å². The zero-order valence-electron chi connectivity index (χ0n) is 13.2. The summed E-state index contributed by atoms with van der Waals surface area (Å²) in [4.78, 5) is 12.4. The van der Waals surface area contributed by atoms with Gasteiger partial charge in [-0.05, 0) is 42.0 Å². The molecule has 1 heterocycles. The molecule has 0 fully saturated rings. The molecule has 2 unspecified atom stereocenters. The van der Waals surface area contributed by atoms with Crippen molar-refractivity contribution in [3.63, 3.8) is 0 Å². The zero-order valence-corrected chi connectivity index (χ0v) is 15.6. The van der Waals surface area contributed by atoms with Gasteiger partial charge in [0.25, 0.3) is 0 Å². The molecule has 24 heavy (non-hydrogen) atoms. The van der Waals surface area contributed by atoms with Crippen molar-refractivity contribution in [2.45, 2.75) is 36.8 Å². The molecule has 2 atom stereocenters. The van der Waals surface area contributed by atoms with Gasteiger partial charge in [0, 0.05) is 10.0 Å². The molecular formula is C15H17Cl2N5OS. The molecular weight excluding hydrogens is 369 g/mol. The van der Waals surface area contributed by atoms with Crippen LogP contribution in [0.4, 0.5) is 0 Å². The van der Waals surface area contributed by atoms with E-state index in [0.717, 1.165) is 5.56 Å². The maximum absolute atomic E-state index is 12.4. The molecule has 0 aliphatic heterocycles. The van der Waals surface area contributed by atoms with E-state index in [-0.39, 0.29) is 17.2 Å². The summed E-state index contributed by atoms with van der Waals surface area (Å²) >= 11 is 13.4. The third-order valence-corrected chi connectivity index (χ3v) is 4.87. The molecule has 0 bridgehead atoms. The molecule has 0 radical (unpaired) electrons. The number of thioether (sulfide) groups is 1. The first-order valence-electron chi connectivity index (χ1n) is 7.21. The Kier molecular flexibility index (Phi) is 6.65. The third-order valence-electron chi connectivity index (χ3n) is 3.24. The Morgan fingerprint density at radius 3 is 2.88 bits per heavy atom. The number of hydrogen-bond acceptors (Lipinski definition) is 5. The molecule has 2 aromatic rings. The monoisotopic (exact) mass is 385 g/mol. The summed E-state index contributed by atoms with van der Waals surface area (Å²) in [5.74, 6) is -0.133. The van der Waals surface area contributed by atoms with Gasteiger partial charge in [0.1, 0.15) is 0 Å². The Labute approximate surface area is 154 Å². The van der Waals surface area contributed by atoms with E-state index in [1.165, 1.54) is 11.8 Å². The minimum atomic E-state index is -0.368. The number of aromatic nitrogens is 4. The van der Waals surface area contributed by atoms with Crippen LogP contribution in [0, 0.1) is 0 Å². The van der Waals surface area contributed by atoms with E-state index < -0.39 is 0 Å².